The van der Waals surface area contributed by atoms with Crippen LogP contribution in [0.5, 0.6) is 0 Å². The minimum Gasteiger partial charge on any atom is -0.309 e. The average molecular weight is 131 g/mol. The molecular weight excluding hydrogens is 118 g/mol. The molecule has 0 rings (SSSR count). The summed E-state index contributed by atoms with van der Waals surface area (Å²) in [5.74, 6) is 0. The van der Waals surface area contributed by atoms with Gasteiger partial charge in [-0.15, -0.1) is 0 Å². The van der Waals surface area contributed by atoms with Gasteiger partial charge in [-0.05, 0) is 32.3 Å². The van der Waals surface area contributed by atoms with Crippen LogP contribution in [-0.2, 0) is 0 Å². The lowest BCUT2D eigenvalue weighted by Crippen LogP contribution is -2.14. The van der Waals surface area contributed by atoms with Gasteiger partial charge in [-0.3, -0.25) is 0 Å². The number of nitrogens with zero attached hydrogens (tertiary/aromatic N) is 1. The van der Waals surface area contributed by atoms with Gasteiger partial charge in [0.15, 0.2) is 0 Å². The molecule has 0 aromatic rings. The van der Waals surface area contributed by atoms with Crippen LogP contribution >= 0.6 is 12.2 Å². The molecule has 0 saturated heterocycles. The Bertz CT molecular complexity index is 78.6. The van der Waals surface area contributed by atoms with Crippen LogP contribution in [0.25, 0.3) is 0 Å². The van der Waals surface area contributed by atoms with E-state index < -0.39 is 0 Å². The van der Waals surface area contributed by atoms with E-state index >= 15 is 0 Å². The highest BCUT2D eigenvalue weighted by atomic mass is 32.1. The van der Waals surface area contributed by atoms with Crippen LogP contribution in [0.15, 0.2) is 0 Å². The van der Waals surface area contributed by atoms with Crippen molar-refractivity contribution in [1.82, 2.24) is 4.90 Å². The monoisotopic (exact) mass is 131 g/mol. The molecule has 0 aliphatic rings. The van der Waals surface area contributed by atoms with Crippen molar-refractivity contribution in [3.8, 4) is 0 Å². The van der Waals surface area contributed by atoms with Gasteiger partial charge in [-0.2, -0.15) is 0 Å². The van der Waals surface area contributed by atoms with E-state index in [9.17, 15) is 0 Å². The Kier molecular flexibility index (Phi) is 4.01. The van der Waals surface area contributed by atoms with E-state index in [-0.39, 0.29) is 0 Å². The highest BCUT2D eigenvalue weighted by Crippen LogP contribution is 1.86. The van der Waals surface area contributed by atoms with E-state index in [1.807, 2.05) is 6.92 Å². The average Bonchev–Trinajstić information content (AvgIpc) is 1.61. The van der Waals surface area contributed by atoms with Crippen molar-refractivity contribution in [3.05, 3.63) is 0 Å². The Hall–Kier alpha value is 0.0500. The highest BCUT2D eigenvalue weighted by Gasteiger charge is 1.89. The molecule has 0 aliphatic carbocycles. The molecule has 48 valence electrons. The van der Waals surface area contributed by atoms with E-state index in [1.165, 1.54) is 0 Å². The zero-order valence-electron chi connectivity index (χ0n) is 5.77. The van der Waals surface area contributed by atoms with Crippen LogP contribution in [0, 0.1) is 0 Å². The van der Waals surface area contributed by atoms with Crippen molar-refractivity contribution in [2.24, 2.45) is 0 Å². The molecule has 8 heavy (non-hydrogen) atoms. The quantitative estimate of drug-likeness (QED) is 0.532. The van der Waals surface area contributed by atoms with Crippen LogP contribution in [-0.4, -0.2) is 30.4 Å². The van der Waals surface area contributed by atoms with Crippen molar-refractivity contribution in [2.75, 3.05) is 20.6 Å². The summed E-state index contributed by atoms with van der Waals surface area (Å²) in [5, 5.41) is 0. The minimum absolute atomic E-state index is 1.04. The van der Waals surface area contributed by atoms with Crippen molar-refractivity contribution < 1.29 is 0 Å². The molecular formula is C6H13NS. The third kappa shape index (κ3) is 6.05. The lowest BCUT2D eigenvalue weighted by molar-refractivity contribution is 0.422. The molecule has 0 saturated carbocycles. The summed E-state index contributed by atoms with van der Waals surface area (Å²) in [6.07, 6.45) is 1.04. The summed E-state index contributed by atoms with van der Waals surface area (Å²) in [7, 11) is 4.11. The first-order valence-electron chi connectivity index (χ1n) is 2.77. The Balaban J connectivity index is 3.05. The zero-order chi connectivity index (χ0) is 6.57. The number of rotatable bonds is 3. The predicted molar refractivity (Wildman–Crippen MR) is 41.4 cm³/mol. The van der Waals surface area contributed by atoms with Crippen LogP contribution < -0.4 is 0 Å². The fourth-order valence-electron chi connectivity index (χ4n) is 0.381. The van der Waals surface area contributed by atoms with Crippen molar-refractivity contribution in [1.29, 1.82) is 0 Å². The summed E-state index contributed by atoms with van der Waals surface area (Å²) in [6, 6.07) is 0. The van der Waals surface area contributed by atoms with Gasteiger partial charge in [0.2, 0.25) is 0 Å². The first-order chi connectivity index (χ1) is 3.63. The SMILES string of the molecule is CC(=S)CCN(C)C. The molecule has 0 N–H and O–H groups in total. The largest absolute Gasteiger partial charge is 0.309 e. The molecule has 1 nitrogen and oxygen atoms in total. The second kappa shape index (κ2) is 3.98. The maximum Gasteiger partial charge on any atom is 0.00206 e. The second-order valence-corrected chi connectivity index (χ2v) is 2.95. The fourth-order valence-corrected chi connectivity index (χ4v) is 0.472. The Labute approximate surface area is 56.7 Å². The topological polar surface area (TPSA) is 3.24 Å². The number of hydrogen-bond acceptors (Lipinski definition) is 2. The molecule has 0 radical (unpaired) electrons. The first-order valence-corrected chi connectivity index (χ1v) is 3.18. The zero-order valence-corrected chi connectivity index (χ0v) is 6.59. The van der Waals surface area contributed by atoms with E-state index in [1.54, 1.807) is 0 Å². The molecule has 0 bridgehead atoms. The first kappa shape index (κ1) is 8.05. The van der Waals surface area contributed by atoms with Crippen molar-refractivity contribution in [3.63, 3.8) is 0 Å². The van der Waals surface area contributed by atoms with Gasteiger partial charge in [0.25, 0.3) is 0 Å². The van der Waals surface area contributed by atoms with Gasteiger partial charge in [0.1, 0.15) is 0 Å². The summed E-state index contributed by atoms with van der Waals surface area (Å²) in [6.45, 7) is 3.06. The van der Waals surface area contributed by atoms with Gasteiger partial charge in [-0.25, -0.2) is 0 Å². The molecule has 2 heteroatoms. The normalized spacial score (nSPS) is 10.0. The van der Waals surface area contributed by atoms with Gasteiger partial charge in [-0.1, -0.05) is 12.2 Å². The molecule has 0 unspecified atom stereocenters. The Morgan fingerprint density at radius 2 is 2.00 bits per heavy atom. The fraction of sp³-hybridized carbons (Fsp3) is 0.833. The predicted octanol–water partition coefficient (Wildman–Crippen LogP) is 1.33. The highest BCUT2D eigenvalue weighted by molar-refractivity contribution is 7.80. The van der Waals surface area contributed by atoms with Gasteiger partial charge in [0, 0.05) is 6.54 Å². The van der Waals surface area contributed by atoms with Crippen LogP contribution in [0.3, 0.4) is 0 Å². The minimum atomic E-state index is 1.04. The van der Waals surface area contributed by atoms with Gasteiger partial charge in [0.05, 0.1) is 0 Å². The van der Waals surface area contributed by atoms with Crippen LogP contribution in [0.4, 0.5) is 0 Å². The standard InChI is InChI=1S/C6H13NS/c1-6(8)4-5-7(2)3/h4-5H2,1-3H3. The summed E-state index contributed by atoms with van der Waals surface area (Å²) < 4.78 is 0. The lowest BCUT2D eigenvalue weighted by Gasteiger charge is -2.06. The van der Waals surface area contributed by atoms with E-state index in [2.05, 4.69) is 19.0 Å². The summed E-state index contributed by atoms with van der Waals surface area (Å²) >= 11 is 4.89. The van der Waals surface area contributed by atoms with E-state index in [0.717, 1.165) is 17.8 Å². The smallest absolute Gasteiger partial charge is 0.00206 e. The molecule has 0 atom stereocenters. The lowest BCUT2D eigenvalue weighted by atomic mass is 10.3. The molecule has 0 amide bonds. The molecule has 0 heterocycles. The van der Waals surface area contributed by atoms with Crippen molar-refractivity contribution in [2.45, 2.75) is 13.3 Å². The molecule has 0 spiro atoms. The third-order valence-corrected chi connectivity index (χ3v) is 1.12. The second-order valence-electron chi connectivity index (χ2n) is 2.26. The van der Waals surface area contributed by atoms with Crippen molar-refractivity contribution >= 4 is 17.1 Å². The summed E-state index contributed by atoms with van der Waals surface area (Å²) in [4.78, 5) is 3.23. The van der Waals surface area contributed by atoms with Crippen LogP contribution in [0.1, 0.15) is 13.3 Å². The van der Waals surface area contributed by atoms with E-state index in [0.29, 0.717) is 0 Å². The molecule has 0 aliphatic heterocycles. The van der Waals surface area contributed by atoms with Crippen LogP contribution in [0.2, 0.25) is 0 Å². The summed E-state index contributed by atoms with van der Waals surface area (Å²) in [5.41, 5.74) is 0. The molecule has 0 fully saturated rings. The third-order valence-electron chi connectivity index (χ3n) is 0.911. The number of thiocarbonyl (C=S) groups is 1. The maximum absolute atomic E-state index is 4.89. The molecule has 0 aromatic heterocycles. The molecule has 0 aromatic carbocycles. The maximum atomic E-state index is 4.89. The van der Waals surface area contributed by atoms with Gasteiger partial charge < -0.3 is 4.90 Å². The van der Waals surface area contributed by atoms with Gasteiger partial charge >= 0.3 is 0 Å². The van der Waals surface area contributed by atoms with E-state index in [4.69, 9.17) is 12.2 Å². The number of hydrogen-bond donors (Lipinski definition) is 0. The Morgan fingerprint density at radius 3 is 2.12 bits per heavy atom. The Morgan fingerprint density at radius 1 is 1.50 bits per heavy atom.